The number of hydrogen-bond acceptors (Lipinski definition) is 2. The zero-order valence-electron chi connectivity index (χ0n) is 14.3. The van der Waals surface area contributed by atoms with E-state index in [9.17, 15) is 0 Å². The van der Waals surface area contributed by atoms with Crippen molar-refractivity contribution in [1.29, 1.82) is 0 Å². The van der Waals surface area contributed by atoms with Crippen molar-refractivity contribution in [2.75, 3.05) is 0 Å². The van der Waals surface area contributed by atoms with E-state index < -0.39 is 0 Å². The Hall–Kier alpha value is -0.0151. The fraction of sp³-hybridized carbons (Fsp3) is 1.00. The van der Waals surface area contributed by atoms with Crippen LogP contribution in [0.4, 0.5) is 0 Å². The van der Waals surface area contributed by atoms with E-state index in [4.69, 9.17) is 9.31 Å². The lowest BCUT2D eigenvalue weighted by molar-refractivity contribution is -0.0399. The summed E-state index contributed by atoms with van der Waals surface area (Å²) in [6.45, 7) is 4.53. The van der Waals surface area contributed by atoms with Gasteiger partial charge in [-0.05, 0) is 38.5 Å². The Bertz CT molecular complexity index is 242. The van der Waals surface area contributed by atoms with Crippen LogP contribution in [-0.2, 0) is 9.31 Å². The summed E-state index contributed by atoms with van der Waals surface area (Å²) < 4.78 is 12.5. The third kappa shape index (κ3) is 4.99. The maximum absolute atomic E-state index is 6.24. The molecule has 3 heteroatoms. The molecule has 1 radical (unpaired) electrons. The van der Waals surface area contributed by atoms with Gasteiger partial charge in [-0.15, -0.1) is 0 Å². The number of hydrogen-bond donors (Lipinski definition) is 0. The normalized spacial score (nSPS) is 24.7. The minimum atomic E-state index is 0.0784. The van der Waals surface area contributed by atoms with Gasteiger partial charge in [0.1, 0.15) is 0 Å². The van der Waals surface area contributed by atoms with Gasteiger partial charge in [0, 0.05) is 0 Å². The Morgan fingerprint density at radius 2 is 1.05 bits per heavy atom. The van der Waals surface area contributed by atoms with Crippen LogP contribution in [0.5, 0.6) is 0 Å². The highest BCUT2D eigenvalue weighted by molar-refractivity contribution is 6.18. The first-order valence-electron chi connectivity index (χ1n) is 9.42. The lowest BCUT2D eigenvalue weighted by Gasteiger charge is -2.41. The van der Waals surface area contributed by atoms with Crippen LogP contribution in [0.15, 0.2) is 0 Å². The van der Waals surface area contributed by atoms with E-state index >= 15 is 0 Å². The smallest absolute Gasteiger partial charge is 0.408 e. The maximum atomic E-state index is 6.24. The van der Waals surface area contributed by atoms with Crippen molar-refractivity contribution in [1.82, 2.24) is 0 Å². The molecule has 0 N–H and O–H groups in total. The van der Waals surface area contributed by atoms with Crippen LogP contribution in [-0.4, -0.2) is 18.9 Å². The van der Waals surface area contributed by atoms with Crippen LogP contribution in [0.2, 0.25) is 0 Å². The van der Waals surface area contributed by atoms with Crippen molar-refractivity contribution in [3.8, 4) is 0 Å². The predicted octanol–water partition coefficient (Wildman–Crippen LogP) is 5.56. The fourth-order valence-electron chi connectivity index (χ4n) is 4.39. The zero-order valence-corrected chi connectivity index (χ0v) is 14.3. The van der Waals surface area contributed by atoms with E-state index in [1.54, 1.807) is 7.69 Å². The highest BCUT2D eigenvalue weighted by atomic mass is 16.6. The Balaban J connectivity index is 1.84. The van der Waals surface area contributed by atoms with Crippen LogP contribution in [0.1, 0.15) is 104 Å². The van der Waals surface area contributed by atoms with Gasteiger partial charge in [-0.1, -0.05) is 65.2 Å². The minimum absolute atomic E-state index is 0.0784. The molecule has 0 aromatic carbocycles. The highest BCUT2D eigenvalue weighted by Crippen LogP contribution is 2.38. The van der Waals surface area contributed by atoms with Crippen molar-refractivity contribution in [2.45, 2.75) is 115 Å². The van der Waals surface area contributed by atoms with E-state index in [1.165, 1.54) is 89.9 Å². The summed E-state index contributed by atoms with van der Waals surface area (Å²) in [6, 6.07) is 0. The third-order valence-electron chi connectivity index (χ3n) is 5.54. The molecule has 2 rings (SSSR count). The van der Waals surface area contributed by atoms with Crippen LogP contribution >= 0.6 is 0 Å². The molecular formula is C18H34BO2. The molecule has 0 aromatic rings. The van der Waals surface area contributed by atoms with Crippen molar-refractivity contribution >= 4 is 7.69 Å². The molecule has 21 heavy (non-hydrogen) atoms. The first-order chi connectivity index (χ1) is 10.2. The van der Waals surface area contributed by atoms with E-state index in [0.717, 1.165) is 0 Å². The topological polar surface area (TPSA) is 18.5 Å². The van der Waals surface area contributed by atoms with Gasteiger partial charge in [-0.25, -0.2) is 0 Å². The maximum Gasteiger partial charge on any atom is 0.488 e. The summed E-state index contributed by atoms with van der Waals surface area (Å²) in [6.07, 6.45) is 17.6. The molecule has 2 fully saturated rings. The summed E-state index contributed by atoms with van der Waals surface area (Å²) in [5.41, 5.74) is 0.157. The molecule has 0 atom stereocenters. The Kier molecular flexibility index (Phi) is 7.08. The average Bonchev–Trinajstić information content (AvgIpc) is 2.50. The second-order valence-corrected chi connectivity index (χ2v) is 7.32. The van der Waals surface area contributed by atoms with Crippen LogP contribution < -0.4 is 0 Å². The molecule has 0 saturated heterocycles. The predicted molar refractivity (Wildman–Crippen MR) is 89.4 cm³/mol. The SMILES string of the molecule is CCCC1(O[B]OC2(CCC)CCCCC2)CCCCC1. The van der Waals surface area contributed by atoms with E-state index in [-0.39, 0.29) is 11.2 Å². The third-order valence-corrected chi connectivity index (χ3v) is 5.54. The van der Waals surface area contributed by atoms with Gasteiger partial charge in [0.25, 0.3) is 0 Å². The van der Waals surface area contributed by atoms with Crippen molar-refractivity contribution < 1.29 is 9.31 Å². The van der Waals surface area contributed by atoms with Gasteiger partial charge in [0.15, 0.2) is 0 Å². The second-order valence-electron chi connectivity index (χ2n) is 7.32. The quantitative estimate of drug-likeness (QED) is 0.545. The monoisotopic (exact) mass is 293 g/mol. The molecule has 0 unspecified atom stereocenters. The number of rotatable bonds is 8. The van der Waals surface area contributed by atoms with Gasteiger partial charge in [0.2, 0.25) is 0 Å². The molecule has 0 aromatic heterocycles. The molecule has 2 aliphatic carbocycles. The molecule has 2 aliphatic rings. The standard InChI is InChI=1S/C18H34BO2/c1-3-11-17(13-7-5-8-14-17)20-19-21-18(12-4-2)15-9-6-10-16-18/h3-16H2,1-2H3. The Labute approximate surface area is 132 Å². The van der Waals surface area contributed by atoms with Gasteiger partial charge < -0.3 is 9.31 Å². The molecule has 0 bridgehead atoms. The van der Waals surface area contributed by atoms with Crippen LogP contribution in [0.25, 0.3) is 0 Å². The van der Waals surface area contributed by atoms with E-state index in [1.807, 2.05) is 0 Å². The lowest BCUT2D eigenvalue weighted by Crippen LogP contribution is -2.41. The van der Waals surface area contributed by atoms with Gasteiger partial charge in [0.05, 0.1) is 11.2 Å². The van der Waals surface area contributed by atoms with Crippen LogP contribution in [0.3, 0.4) is 0 Å². The molecule has 0 aliphatic heterocycles. The van der Waals surface area contributed by atoms with Crippen molar-refractivity contribution in [2.24, 2.45) is 0 Å². The largest absolute Gasteiger partial charge is 0.488 e. The molecular weight excluding hydrogens is 259 g/mol. The van der Waals surface area contributed by atoms with Crippen molar-refractivity contribution in [3.63, 3.8) is 0 Å². The summed E-state index contributed by atoms with van der Waals surface area (Å²) in [5.74, 6) is 0. The van der Waals surface area contributed by atoms with E-state index in [2.05, 4.69) is 13.8 Å². The summed E-state index contributed by atoms with van der Waals surface area (Å²) in [4.78, 5) is 0. The van der Waals surface area contributed by atoms with E-state index in [0.29, 0.717) is 0 Å². The molecule has 0 spiro atoms. The van der Waals surface area contributed by atoms with Crippen molar-refractivity contribution in [3.05, 3.63) is 0 Å². The Morgan fingerprint density at radius 1 is 0.667 bits per heavy atom. The van der Waals surface area contributed by atoms with Gasteiger partial charge in [-0.2, -0.15) is 0 Å². The van der Waals surface area contributed by atoms with Gasteiger partial charge >= 0.3 is 7.69 Å². The molecule has 121 valence electrons. The minimum Gasteiger partial charge on any atom is -0.408 e. The molecule has 2 saturated carbocycles. The Morgan fingerprint density at radius 3 is 1.38 bits per heavy atom. The fourth-order valence-corrected chi connectivity index (χ4v) is 4.39. The summed E-state index contributed by atoms with van der Waals surface area (Å²) in [5, 5.41) is 0. The van der Waals surface area contributed by atoms with Gasteiger partial charge in [-0.3, -0.25) is 0 Å². The molecule has 0 amide bonds. The first kappa shape index (κ1) is 17.3. The first-order valence-corrected chi connectivity index (χ1v) is 9.42. The van der Waals surface area contributed by atoms with Crippen LogP contribution in [0, 0.1) is 0 Å². The highest BCUT2D eigenvalue weighted by Gasteiger charge is 2.36. The summed E-state index contributed by atoms with van der Waals surface area (Å²) in [7, 11) is 1.75. The lowest BCUT2D eigenvalue weighted by atomic mass is 9.80. The molecule has 2 nitrogen and oxygen atoms in total. The second kappa shape index (κ2) is 8.57. The molecule has 0 heterocycles. The average molecular weight is 293 g/mol. The zero-order chi connectivity index (χ0) is 15.0. The summed E-state index contributed by atoms with van der Waals surface area (Å²) >= 11 is 0.